The molecule has 0 saturated carbocycles. The molecule has 16 heavy (non-hydrogen) atoms. The van der Waals surface area contributed by atoms with Gasteiger partial charge in [-0.25, -0.2) is 0 Å². The van der Waals surface area contributed by atoms with Crippen molar-refractivity contribution in [2.75, 3.05) is 0 Å². The van der Waals surface area contributed by atoms with Crippen molar-refractivity contribution in [1.82, 2.24) is 5.32 Å². The molecular weight excluding hydrogens is 198 g/mol. The Hall–Kier alpha value is -1.83. The van der Waals surface area contributed by atoms with Gasteiger partial charge in [0.15, 0.2) is 0 Å². The molecule has 0 aliphatic carbocycles. The van der Waals surface area contributed by atoms with Crippen LogP contribution in [0.15, 0.2) is 60.4 Å². The molecule has 0 atom stereocenters. The fourth-order valence-corrected chi connectivity index (χ4v) is 1.12. The molecule has 0 bridgehead atoms. The van der Waals surface area contributed by atoms with Crippen LogP contribution in [0.1, 0.15) is 20.8 Å². The first kappa shape index (κ1) is 14.2. The van der Waals surface area contributed by atoms with Crippen LogP contribution in [0.3, 0.4) is 0 Å². The highest BCUT2D eigenvalue weighted by Gasteiger charge is 2.05. The first-order valence-electron chi connectivity index (χ1n) is 5.15. The standard InChI is InChI=1S/C14H19NO/c1-6-9-13(10-11(4)5)15-14(16)12(7-2)8-3/h6-10H,2,4H2,1,3,5H3,(H,15,16)/b9-6-,12-8+,13-10+. The summed E-state index contributed by atoms with van der Waals surface area (Å²) < 4.78 is 0. The van der Waals surface area contributed by atoms with Crippen LogP contribution in [0, 0.1) is 0 Å². The quantitative estimate of drug-likeness (QED) is 0.555. The van der Waals surface area contributed by atoms with Crippen molar-refractivity contribution in [3.05, 3.63) is 60.4 Å². The second-order valence-corrected chi connectivity index (χ2v) is 3.35. The van der Waals surface area contributed by atoms with Crippen molar-refractivity contribution >= 4 is 5.91 Å². The SMILES string of the molecule is C=C/C(=C\C)C(=O)NC(/C=C\C)=C/C(=C)C. The predicted octanol–water partition coefficient (Wildman–Crippen LogP) is 3.27. The van der Waals surface area contributed by atoms with Gasteiger partial charge in [-0.2, -0.15) is 0 Å². The van der Waals surface area contributed by atoms with E-state index in [1.54, 1.807) is 13.0 Å². The van der Waals surface area contributed by atoms with Crippen LogP contribution in [-0.2, 0) is 4.79 Å². The Morgan fingerprint density at radius 2 is 1.94 bits per heavy atom. The Kier molecular flexibility index (Phi) is 6.61. The molecule has 0 unspecified atom stereocenters. The molecule has 2 heteroatoms. The van der Waals surface area contributed by atoms with Crippen molar-refractivity contribution in [3.8, 4) is 0 Å². The summed E-state index contributed by atoms with van der Waals surface area (Å²) in [4.78, 5) is 11.7. The topological polar surface area (TPSA) is 29.1 Å². The number of hydrogen-bond donors (Lipinski definition) is 1. The van der Waals surface area contributed by atoms with Crippen molar-refractivity contribution in [2.45, 2.75) is 20.8 Å². The first-order chi connectivity index (χ1) is 7.54. The van der Waals surface area contributed by atoms with Gasteiger partial charge < -0.3 is 5.32 Å². The molecular formula is C14H19NO. The van der Waals surface area contributed by atoms with Gasteiger partial charge in [0.2, 0.25) is 0 Å². The average molecular weight is 217 g/mol. The van der Waals surface area contributed by atoms with Crippen molar-refractivity contribution < 1.29 is 4.79 Å². The molecule has 1 amide bonds. The average Bonchev–Trinajstić information content (AvgIpc) is 2.18. The van der Waals surface area contributed by atoms with Gasteiger partial charge in [0, 0.05) is 11.3 Å². The maximum Gasteiger partial charge on any atom is 0.255 e. The molecule has 0 rings (SSSR count). The van der Waals surface area contributed by atoms with Crippen molar-refractivity contribution in [3.63, 3.8) is 0 Å². The molecule has 0 aromatic rings. The van der Waals surface area contributed by atoms with Gasteiger partial charge >= 0.3 is 0 Å². The normalized spacial score (nSPS) is 12.7. The third-order valence-electron chi connectivity index (χ3n) is 1.80. The molecule has 86 valence electrons. The number of carbonyl (C=O) groups is 1. The van der Waals surface area contributed by atoms with Gasteiger partial charge in [-0.15, -0.1) is 0 Å². The second-order valence-electron chi connectivity index (χ2n) is 3.35. The lowest BCUT2D eigenvalue weighted by Crippen LogP contribution is -2.22. The number of amides is 1. The summed E-state index contributed by atoms with van der Waals surface area (Å²) in [6.07, 6.45) is 8.75. The van der Waals surface area contributed by atoms with E-state index >= 15 is 0 Å². The molecule has 0 fully saturated rings. The third kappa shape index (κ3) is 5.15. The third-order valence-corrected chi connectivity index (χ3v) is 1.80. The fourth-order valence-electron chi connectivity index (χ4n) is 1.12. The van der Waals surface area contributed by atoms with Crippen LogP contribution in [-0.4, -0.2) is 5.91 Å². The Labute approximate surface area is 97.7 Å². The van der Waals surface area contributed by atoms with E-state index in [4.69, 9.17) is 0 Å². The van der Waals surface area contributed by atoms with E-state index < -0.39 is 0 Å². The second kappa shape index (κ2) is 7.46. The Balaban J connectivity index is 4.85. The molecule has 0 radical (unpaired) electrons. The number of nitrogens with one attached hydrogen (secondary N) is 1. The summed E-state index contributed by atoms with van der Waals surface area (Å²) in [5.74, 6) is -0.164. The lowest BCUT2D eigenvalue weighted by Gasteiger charge is -2.06. The lowest BCUT2D eigenvalue weighted by atomic mass is 10.2. The minimum atomic E-state index is -0.164. The summed E-state index contributed by atoms with van der Waals surface area (Å²) in [7, 11) is 0. The van der Waals surface area contributed by atoms with Gasteiger partial charge in [-0.05, 0) is 32.9 Å². The van der Waals surface area contributed by atoms with Gasteiger partial charge in [-0.3, -0.25) is 4.79 Å². The first-order valence-corrected chi connectivity index (χ1v) is 5.15. The van der Waals surface area contributed by atoms with Gasteiger partial charge in [0.1, 0.15) is 0 Å². The molecule has 0 aliphatic heterocycles. The fraction of sp³-hybridized carbons (Fsp3) is 0.214. The van der Waals surface area contributed by atoms with E-state index in [0.717, 1.165) is 11.3 Å². The van der Waals surface area contributed by atoms with E-state index in [0.29, 0.717) is 5.57 Å². The molecule has 0 aliphatic rings. The van der Waals surface area contributed by atoms with E-state index in [-0.39, 0.29) is 5.91 Å². The van der Waals surface area contributed by atoms with E-state index in [1.165, 1.54) is 6.08 Å². The molecule has 0 saturated heterocycles. The minimum Gasteiger partial charge on any atom is -0.322 e. The summed E-state index contributed by atoms with van der Waals surface area (Å²) >= 11 is 0. The predicted molar refractivity (Wildman–Crippen MR) is 69.8 cm³/mol. The number of allylic oxidation sites excluding steroid dienone is 5. The number of hydrogen-bond acceptors (Lipinski definition) is 1. The van der Waals surface area contributed by atoms with Gasteiger partial charge in [0.25, 0.3) is 5.91 Å². The zero-order valence-corrected chi connectivity index (χ0v) is 10.2. The van der Waals surface area contributed by atoms with Crippen LogP contribution in [0.25, 0.3) is 0 Å². The monoisotopic (exact) mass is 217 g/mol. The highest BCUT2D eigenvalue weighted by atomic mass is 16.1. The highest BCUT2D eigenvalue weighted by molar-refractivity contribution is 5.97. The molecule has 0 aromatic carbocycles. The molecule has 1 N–H and O–H groups in total. The molecule has 0 heterocycles. The summed E-state index contributed by atoms with van der Waals surface area (Å²) in [6.45, 7) is 12.9. The van der Waals surface area contributed by atoms with Gasteiger partial charge in [0.05, 0.1) is 0 Å². The molecule has 2 nitrogen and oxygen atoms in total. The largest absolute Gasteiger partial charge is 0.322 e. The molecule has 0 aromatic heterocycles. The van der Waals surface area contributed by atoms with Gasteiger partial charge in [-0.1, -0.05) is 37.0 Å². The lowest BCUT2D eigenvalue weighted by molar-refractivity contribution is -0.116. The number of rotatable bonds is 5. The maximum atomic E-state index is 11.7. The van der Waals surface area contributed by atoms with Crippen LogP contribution in [0.2, 0.25) is 0 Å². The Morgan fingerprint density at radius 3 is 2.31 bits per heavy atom. The Morgan fingerprint density at radius 1 is 1.31 bits per heavy atom. The maximum absolute atomic E-state index is 11.7. The molecule has 0 spiro atoms. The highest BCUT2D eigenvalue weighted by Crippen LogP contribution is 2.02. The summed E-state index contributed by atoms with van der Waals surface area (Å²) in [6, 6.07) is 0. The van der Waals surface area contributed by atoms with Crippen LogP contribution in [0.5, 0.6) is 0 Å². The number of carbonyl (C=O) groups excluding carboxylic acids is 1. The van der Waals surface area contributed by atoms with E-state index in [1.807, 2.05) is 32.1 Å². The van der Waals surface area contributed by atoms with Crippen molar-refractivity contribution in [2.24, 2.45) is 0 Å². The van der Waals surface area contributed by atoms with Crippen molar-refractivity contribution in [1.29, 1.82) is 0 Å². The zero-order chi connectivity index (χ0) is 12.6. The summed E-state index contributed by atoms with van der Waals surface area (Å²) in [5, 5.41) is 2.79. The van der Waals surface area contributed by atoms with E-state index in [2.05, 4.69) is 18.5 Å². The van der Waals surface area contributed by atoms with Crippen LogP contribution in [0.4, 0.5) is 0 Å². The summed E-state index contributed by atoms with van der Waals surface area (Å²) in [5.41, 5.74) is 2.16. The van der Waals surface area contributed by atoms with Crippen LogP contribution < -0.4 is 5.32 Å². The van der Waals surface area contributed by atoms with E-state index in [9.17, 15) is 4.79 Å². The minimum absolute atomic E-state index is 0.164. The smallest absolute Gasteiger partial charge is 0.255 e. The van der Waals surface area contributed by atoms with Crippen LogP contribution >= 0.6 is 0 Å². The zero-order valence-electron chi connectivity index (χ0n) is 10.2. The Bertz CT molecular complexity index is 370.